The number of hydrogen-bond donors (Lipinski definition) is 0. The molecule has 4 spiro atoms. The minimum atomic E-state index is -0.601. The summed E-state index contributed by atoms with van der Waals surface area (Å²) in [6, 6.07) is 0. The molecule has 0 aromatic heterocycles. The lowest BCUT2D eigenvalue weighted by Gasteiger charge is -2.59. The van der Waals surface area contributed by atoms with Gasteiger partial charge < -0.3 is 33.2 Å². The van der Waals surface area contributed by atoms with E-state index in [2.05, 4.69) is 27.7 Å². The second kappa shape index (κ2) is 11.9. The Bertz CT molecular complexity index is 2130. The number of esters is 4. The minimum absolute atomic E-state index is 0.000380. The van der Waals surface area contributed by atoms with E-state index in [1.54, 1.807) is 6.08 Å². The van der Waals surface area contributed by atoms with Crippen molar-refractivity contribution >= 4 is 35.4 Å². The van der Waals surface area contributed by atoms with Crippen LogP contribution in [0.2, 0.25) is 0 Å². The van der Waals surface area contributed by atoms with Crippen molar-refractivity contribution in [1.29, 1.82) is 0 Å². The smallest absolute Gasteiger partial charge is 0.309 e. The van der Waals surface area contributed by atoms with E-state index in [9.17, 15) is 28.8 Å². The lowest BCUT2D eigenvalue weighted by Crippen LogP contribution is -2.68. The highest BCUT2D eigenvalue weighted by Gasteiger charge is 2.91. The first-order valence-electron chi connectivity index (χ1n) is 23.3. The number of epoxide rings is 3. The number of ether oxygens (including phenoxy) is 7. The number of ketones is 2. The summed E-state index contributed by atoms with van der Waals surface area (Å²) >= 11 is 0. The highest BCUT2D eigenvalue weighted by Crippen LogP contribution is 2.82. The third-order valence-electron chi connectivity index (χ3n) is 21.3. The summed E-state index contributed by atoms with van der Waals surface area (Å²) in [5, 5.41) is 0. The maximum absolute atomic E-state index is 13.2. The quantitative estimate of drug-likeness (QED) is 0.199. The highest BCUT2D eigenvalue weighted by molar-refractivity contribution is 5.92. The molecule has 8 aliphatic carbocycles. The topological polar surface area (TPSA) is 177 Å². The Morgan fingerprint density at radius 1 is 0.721 bits per heavy atom. The van der Waals surface area contributed by atoms with Crippen LogP contribution in [-0.2, 0) is 61.9 Å². The number of fused-ring (bicyclic) bond motifs is 12. The Morgan fingerprint density at radius 2 is 1.39 bits per heavy atom. The molecule has 5 heterocycles. The number of hydrogen-bond acceptors (Lipinski definition) is 13. The van der Waals surface area contributed by atoms with Crippen molar-refractivity contribution in [3.63, 3.8) is 0 Å². The van der Waals surface area contributed by atoms with E-state index < -0.39 is 28.5 Å². The van der Waals surface area contributed by atoms with Gasteiger partial charge in [-0.15, -0.1) is 0 Å². The third-order valence-corrected chi connectivity index (χ3v) is 21.3. The lowest BCUT2D eigenvalue weighted by molar-refractivity contribution is -0.184. The van der Waals surface area contributed by atoms with Crippen LogP contribution < -0.4 is 0 Å². The Kier molecular flexibility index (Phi) is 7.72. The minimum Gasteiger partial charge on any atom is -0.469 e. The molecule has 13 rings (SSSR count). The predicted molar refractivity (Wildman–Crippen MR) is 210 cm³/mol. The molecule has 7 saturated carbocycles. The number of Topliss-reactive ketones (excluding diaryl/α,β-unsaturated/α-hetero) is 1. The molecule has 13 nitrogen and oxygen atoms in total. The van der Waals surface area contributed by atoms with Crippen LogP contribution in [0.15, 0.2) is 11.6 Å². The predicted octanol–water partition coefficient (Wildman–Crippen LogP) is 5.32. The van der Waals surface area contributed by atoms with E-state index in [1.807, 2.05) is 0 Å². The Balaban J connectivity index is 0.000000131. The maximum atomic E-state index is 13.2. The van der Waals surface area contributed by atoms with Gasteiger partial charge in [0.2, 0.25) is 0 Å². The Hall–Kier alpha value is -3.16. The highest BCUT2D eigenvalue weighted by atomic mass is 16.6. The number of allylic oxidation sites excluding steroid dienone is 1. The van der Waals surface area contributed by atoms with Gasteiger partial charge in [-0.2, -0.15) is 0 Å². The zero-order valence-electron chi connectivity index (χ0n) is 36.3. The fraction of sp³-hybridized carbons (Fsp3) is 0.833. The largest absolute Gasteiger partial charge is 0.469 e. The van der Waals surface area contributed by atoms with Crippen molar-refractivity contribution in [2.45, 2.75) is 171 Å². The van der Waals surface area contributed by atoms with E-state index in [0.29, 0.717) is 38.5 Å². The van der Waals surface area contributed by atoms with Gasteiger partial charge in [-0.1, -0.05) is 33.3 Å². The molecule has 61 heavy (non-hydrogen) atoms. The zero-order valence-corrected chi connectivity index (χ0v) is 36.3. The normalized spacial score (nSPS) is 56.8. The van der Waals surface area contributed by atoms with Gasteiger partial charge in [-0.3, -0.25) is 28.8 Å². The molecular weight excluding hydrogens is 785 g/mol. The van der Waals surface area contributed by atoms with Gasteiger partial charge >= 0.3 is 23.9 Å². The number of carbonyl (C=O) groups is 6. The number of rotatable bonds is 2. The van der Waals surface area contributed by atoms with Crippen molar-refractivity contribution in [2.75, 3.05) is 14.2 Å². The molecule has 19 atom stereocenters. The first-order chi connectivity index (χ1) is 28.9. The summed E-state index contributed by atoms with van der Waals surface area (Å²) in [5.41, 5.74) is -1.74. The van der Waals surface area contributed by atoms with E-state index in [-0.39, 0.29) is 117 Å². The van der Waals surface area contributed by atoms with Crippen molar-refractivity contribution in [1.82, 2.24) is 0 Å². The van der Waals surface area contributed by atoms with E-state index in [0.717, 1.165) is 63.4 Å². The van der Waals surface area contributed by atoms with Crippen molar-refractivity contribution in [2.24, 2.45) is 63.1 Å². The third kappa shape index (κ3) is 4.41. The molecule has 0 aromatic rings. The zero-order chi connectivity index (χ0) is 42.7. The van der Waals surface area contributed by atoms with Crippen LogP contribution in [0.25, 0.3) is 0 Å². The molecule has 8 unspecified atom stereocenters. The second-order valence-corrected chi connectivity index (χ2v) is 22.6. The SMILES string of the molecule is COC(=O)[C@@H]1CC2=CC(=O)CC[C@]2(C)C2C1C1CCC3(CCC(=O)O3)[C@@]1(C)C1O[C@H]12.COC(=O)[C@@H]1C[C@@]23O[C@@H]2C(=O)CC[C@]3(C)[C@@]23O[C@@H]2C[C@@]2(C)C(CCC24CCC(=O)O4)C13. The first-order valence-corrected chi connectivity index (χ1v) is 23.3. The molecule has 0 radical (unpaired) electrons. The van der Waals surface area contributed by atoms with Crippen LogP contribution >= 0.6 is 0 Å². The lowest BCUT2D eigenvalue weighted by atomic mass is 9.41. The molecule has 13 aliphatic rings. The standard InChI is InChI=1S/C24H30O7.C24H30O6/c1-20-11-15-24(29-15)17(13(20)4-8-22(20)9-6-16(26)30-22)12(19(27)28-3)10-23-18(31-23)14(25)5-7-21(23,24)2;1-22-7-4-13(25)10-12(22)11-14(21(27)28-3)17-15-5-8-24(9-6-16(26)30-24)23(15,2)20-19(29-20)18(17)22/h12-13,15,17-18H,4-11H2,1-3H3;10,14-15,17-20H,4-9,11H2,1-3H3/t12-,13?,15-,17?,18-,20+,21+,22?,23-,24-;14-,15?,17?,18?,19+,20?,22+,23-,24?/m11/s1. The summed E-state index contributed by atoms with van der Waals surface area (Å²) in [6.07, 6.45) is 12.1. The summed E-state index contributed by atoms with van der Waals surface area (Å²) < 4.78 is 42.0. The van der Waals surface area contributed by atoms with Crippen LogP contribution in [0.4, 0.5) is 0 Å². The number of carbonyl (C=O) groups excluding carboxylic acids is 6. The van der Waals surface area contributed by atoms with Gasteiger partial charge in [-0.25, -0.2) is 0 Å². The average molecular weight is 845 g/mol. The Labute approximate surface area is 356 Å². The van der Waals surface area contributed by atoms with Crippen LogP contribution in [0.5, 0.6) is 0 Å². The fourth-order valence-electron chi connectivity index (χ4n) is 18.2. The van der Waals surface area contributed by atoms with Crippen molar-refractivity contribution in [3.05, 3.63) is 11.6 Å². The molecule has 330 valence electrons. The molecule has 0 N–H and O–H groups in total. The molecule has 0 bridgehead atoms. The van der Waals surface area contributed by atoms with Crippen LogP contribution in [0.1, 0.15) is 124 Å². The van der Waals surface area contributed by atoms with Gasteiger partial charge in [-0.05, 0) is 99.9 Å². The Morgan fingerprint density at radius 3 is 2.08 bits per heavy atom. The summed E-state index contributed by atoms with van der Waals surface area (Å²) in [5.74, 6) is -0.149. The van der Waals surface area contributed by atoms with Gasteiger partial charge in [0.1, 0.15) is 28.5 Å². The molecule has 0 amide bonds. The monoisotopic (exact) mass is 844 g/mol. The summed E-state index contributed by atoms with van der Waals surface area (Å²) in [7, 11) is 2.90. The fourth-order valence-corrected chi connectivity index (χ4v) is 18.2. The summed E-state index contributed by atoms with van der Waals surface area (Å²) in [6.45, 7) is 9.02. The first kappa shape index (κ1) is 39.4. The molecule has 13 heteroatoms. The number of methoxy groups -OCH3 is 2. The maximum Gasteiger partial charge on any atom is 0.309 e. The van der Waals surface area contributed by atoms with Crippen molar-refractivity contribution in [3.8, 4) is 0 Å². The van der Waals surface area contributed by atoms with E-state index >= 15 is 0 Å². The average Bonchev–Trinajstić information content (AvgIpc) is 4.18. The molecule has 5 saturated heterocycles. The second-order valence-electron chi connectivity index (χ2n) is 22.6. The van der Waals surface area contributed by atoms with Crippen LogP contribution in [0.3, 0.4) is 0 Å². The van der Waals surface area contributed by atoms with E-state index in [4.69, 9.17) is 33.2 Å². The van der Waals surface area contributed by atoms with Crippen LogP contribution in [-0.4, -0.2) is 96.5 Å². The van der Waals surface area contributed by atoms with Gasteiger partial charge in [0.15, 0.2) is 11.6 Å². The molecule has 12 fully saturated rings. The molecule has 0 aromatic carbocycles. The van der Waals surface area contributed by atoms with Gasteiger partial charge in [0, 0.05) is 53.8 Å². The van der Waals surface area contributed by atoms with E-state index in [1.165, 1.54) is 14.2 Å². The van der Waals surface area contributed by atoms with Gasteiger partial charge in [0.05, 0.1) is 44.4 Å². The molecule has 5 aliphatic heterocycles. The molecular formula is C48H60O13. The van der Waals surface area contributed by atoms with Crippen molar-refractivity contribution < 1.29 is 61.9 Å². The van der Waals surface area contributed by atoms with Crippen LogP contribution in [0, 0.1) is 63.1 Å². The summed E-state index contributed by atoms with van der Waals surface area (Å²) in [4.78, 5) is 75.2. The van der Waals surface area contributed by atoms with Gasteiger partial charge in [0.25, 0.3) is 0 Å².